The van der Waals surface area contributed by atoms with Crippen molar-refractivity contribution in [2.45, 2.75) is 36.8 Å². The Morgan fingerprint density at radius 3 is 2.49 bits per heavy atom. The summed E-state index contributed by atoms with van der Waals surface area (Å²) in [6, 6.07) is 2.79. The molecule has 2 aromatic heterocycles. The molecule has 0 aliphatic carbocycles. The molecule has 3 aliphatic heterocycles. The molecule has 0 spiro atoms. The maximum Gasteiger partial charge on any atom is 0.293 e. The van der Waals surface area contributed by atoms with Crippen molar-refractivity contribution < 1.29 is 23.0 Å². The predicted octanol–water partition coefficient (Wildman–Crippen LogP) is 1.26. The Balaban J connectivity index is 1.60. The fraction of sp³-hybridized carbons (Fsp3) is 0.364. The maximum atomic E-state index is 15.1. The molecule has 1 saturated heterocycles. The van der Waals surface area contributed by atoms with Gasteiger partial charge >= 0.3 is 0 Å². The minimum Gasteiger partial charge on any atom is -0.496 e. The zero-order chi connectivity index (χ0) is 26.3. The van der Waals surface area contributed by atoms with Gasteiger partial charge in [0.15, 0.2) is 10.9 Å². The van der Waals surface area contributed by atoms with Crippen molar-refractivity contribution in [3.8, 4) is 10.1 Å². The number of amides is 1. The molecule has 15 heteroatoms. The van der Waals surface area contributed by atoms with E-state index in [0.717, 1.165) is 29.9 Å². The molecule has 0 saturated carbocycles. The van der Waals surface area contributed by atoms with Gasteiger partial charge < -0.3 is 14.4 Å². The van der Waals surface area contributed by atoms with E-state index in [1.54, 1.807) is 11.8 Å². The Hall–Kier alpha value is -2.92. The van der Waals surface area contributed by atoms with Gasteiger partial charge in [-0.05, 0) is 25.5 Å². The number of aromatic nitrogens is 3. The van der Waals surface area contributed by atoms with Crippen LogP contribution < -0.4 is 4.74 Å². The van der Waals surface area contributed by atoms with Crippen LogP contribution in [-0.2, 0) is 11.3 Å². The first-order chi connectivity index (χ1) is 17.5. The van der Waals surface area contributed by atoms with Gasteiger partial charge in [-0.15, -0.1) is 5.10 Å². The first-order valence-electron chi connectivity index (χ1n) is 11.4. The first-order valence-corrected chi connectivity index (χ1v) is 12.2. The SMILES string of the molecule is [B]C1([B])OCc2c(sc3c2C(c2c(F)cccc2F)=N[C@@H](C)c2nc(C(=O)N4CCC4)nn2-3)OC1([B])[B]. The van der Waals surface area contributed by atoms with Gasteiger partial charge in [0.25, 0.3) is 5.91 Å². The Labute approximate surface area is 220 Å². The van der Waals surface area contributed by atoms with Crippen LogP contribution in [0.2, 0.25) is 0 Å². The predicted molar refractivity (Wildman–Crippen MR) is 134 cm³/mol. The molecule has 3 aromatic rings. The van der Waals surface area contributed by atoms with E-state index in [-0.39, 0.29) is 40.2 Å². The number of fused-ring (bicyclic) bond motifs is 5. The Bertz CT molecular complexity index is 1470. The van der Waals surface area contributed by atoms with Crippen molar-refractivity contribution in [2.24, 2.45) is 4.99 Å². The lowest BCUT2D eigenvalue weighted by Crippen LogP contribution is -2.61. The quantitative estimate of drug-likeness (QED) is 0.485. The van der Waals surface area contributed by atoms with Gasteiger partial charge in [0.2, 0.25) is 5.82 Å². The average molecular weight is 511 g/mol. The van der Waals surface area contributed by atoms with Crippen LogP contribution in [-0.4, -0.2) is 86.6 Å². The second kappa shape index (κ2) is 8.29. The summed E-state index contributed by atoms with van der Waals surface area (Å²) in [5.74, 6) is -1.69. The Kier molecular flexibility index (Phi) is 5.47. The molecule has 8 radical (unpaired) electrons. The number of nitrogens with zero attached hydrogens (tertiary/aromatic N) is 5. The molecule has 8 nitrogen and oxygen atoms in total. The molecule has 5 heterocycles. The number of thiophene rings is 1. The van der Waals surface area contributed by atoms with Crippen LogP contribution in [0.15, 0.2) is 23.2 Å². The molecule has 1 amide bonds. The van der Waals surface area contributed by atoms with Crippen LogP contribution in [0.3, 0.4) is 0 Å². The van der Waals surface area contributed by atoms with E-state index in [4.69, 9.17) is 40.9 Å². The second-order valence-corrected chi connectivity index (χ2v) is 10.1. The summed E-state index contributed by atoms with van der Waals surface area (Å²) in [4.78, 5) is 23.6. The lowest BCUT2D eigenvalue weighted by Gasteiger charge is -2.41. The topological polar surface area (TPSA) is 81.8 Å². The van der Waals surface area contributed by atoms with Crippen molar-refractivity contribution in [3.63, 3.8) is 0 Å². The van der Waals surface area contributed by atoms with Gasteiger partial charge in [-0.2, -0.15) is 0 Å². The summed E-state index contributed by atoms with van der Waals surface area (Å²) >= 11 is 1.01. The van der Waals surface area contributed by atoms with Crippen LogP contribution in [0.5, 0.6) is 5.06 Å². The molecule has 3 aliphatic rings. The molecule has 1 atom stereocenters. The van der Waals surface area contributed by atoms with Gasteiger partial charge in [0.1, 0.15) is 54.1 Å². The van der Waals surface area contributed by atoms with Crippen LogP contribution in [0.25, 0.3) is 5.00 Å². The van der Waals surface area contributed by atoms with Crippen LogP contribution in [0, 0.1) is 11.6 Å². The molecule has 6 rings (SSSR count). The molecule has 0 bridgehead atoms. The standard InChI is InChI=1S/C22H15B4F2N5O3S/c1-9-17-30-16(18(34)32-6-3-7-32)31-33(17)19-13(15(29-9)14-11(27)4-2-5-12(14)28)10-8-35-21(23,24)22(25,26)36-20(10)37-19/h2,4-5,9H,3,6-8H2,1H3/t9-/m0/s1. The zero-order valence-corrected chi connectivity index (χ0v) is 20.4. The third kappa shape index (κ3) is 3.69. The van der Waals surface area contributed by atoms with Crippen molar-refractivity contribution in [2.75, 3.05) is 13.1 Å². The summed E-state index contributed by atoms with van der Waals surface area (Å²) in [6.45, 7) is 2.66. The number of halogens is 2. The highest BCUT2D eigenvalue weighted by atomic mass is 32.1. The summed E-state index contributed by atoms with van der Waals surface area (Å²) in [5, 5.41) is 0.699. The number of likely N-dealkylation sites (tertiary alicyclic amines) is 1. The van der Waals surface area contributed by atoms with Crippen LogP contribution in [0.4, 0.5) is 8.78 Å². The minimum atomic E-state index is -2.15. The van der Waals surface area contributed by atoms with E-state index in [2.05, 4.69) is 15.1 Å². The lowest BCUT2D eigenvalue weighted by molar-refractivity contribution is 0.0149. The van der Waals surface area contributed by atoms with Crippen LogP contribution >= 0.6 is 11.3 Å². The van der Waals surface area contributed by atoms with Gasteiger partial charge in [0, 0.05) is 35.0 Å². The molecular formula is C22H15B4F2N5O3S. The second-order valence-electron chi connectivity index (χ2n) is 9.13. The van der Waals surface area contributed by atoms with E-state index in [9.17, 15) is 4.79 Å². The molecule has 0 N–H and O–H groups in total. The third-order valence-electron chi connectivity index (χ3n) is 6.57. The van der Waals surface area contributed by atoms with Gasteiger partial charge in [-0.1, -0.05) is 17.4 Å². The van der Waals surface area contributed by atoms with Crippen molar-refractivity contribution in [1.29, 1.82) is 0 Å². The number of carbonyl (C=O) groups is 1. The Morgan fingerprint density at radius 1 is 1.14 bits per heavy atom. The van der Waals surface area contributed by atoms with Gasteiger partial charge in [0.05, 0.1) is 17.9 Å². The van der Waals surface area contributed by atoms with E-state index in [0.29, 0.717) is 29.5 Å². The summed E-state index contributed by atoms with van der Waals surface area (Å²) in [7, 11) is 23.9. The number of hydrogen-bond acceptors (Lipinski definition) is 7. The van der Waals surface area contributed by atoms with Crippen molar-refractivity contribution in [1.82, 2.24) is 19.7 Å². The monoisotopic (exact) mass is 511 g/mol. The lowest BCUT2D eigenvalue weighted by atomic mass is 9.42. The summed E-state index contributed by atoms with van der Waals surface area (Å²) in [5.41, 5.74) is 0.176. The summed E-state index contributed by atoms with van der Waals surface area (Å²) in [6.07, 6.45) is 0.903. The highest BCUT2D eigenvalue weighted by Crippen LogP contribution is 2.46. The fourth-order valence-electron chi connectivity index (χ4n) is 4.30. The molecular weight excluding hydrogens is 496 g/mol. The maximum absolute atomic E-state index is 15.1. The largest absolute Gasteiger partial charge is 0.496 e. The van der Waals surface area contributed by atoms with Gasteiger partial charge in [-0.25, -0.2) is 18.4 Å². The van der Waals surface area contributed by atoms with Crippen LogP contribution in [0.1, 0.15) is 52.5 Å². The van der Waals surface area contributed by atoms with E-state index in [1.165, 1.54) is 10.7 Å². The zero-order valence-electron chi connectivity index (χ0n) is 19.6. The molecule has 178 valence electrons. The molecule has 37 heavy (non-hydrogen) atoms. The van der Waals surface area contributed by atoms with Crippen molar-refractivity contribution >= 4 is 54.3 Å². The smallest absolute Gasteiger partial charge is 0.293 e. The number of hydrogen-bond donors (Lipinski definition) is 0. The number of carbonyl (C=O) groups excluding carboxylic acids is 1. The Morgan fingerprint density at radius 2 is 1.84 bits per heavy atom. The highest BCUT2D eigenvalue weighted by Gasteiger charge is 2.44. The minimum absolute atomic E-state index is 0.0149. The highest BCUT2D eigenvalue weighted by molar-refractivity contribution is 7.17. The van der Waals surface area contributed by atoms with Gasteiger partial charge in [-0.3, -0.25) is 9.79 Å². The average Bonchev–Trinajstić information content (AvgIpc) is 3.32. The summed E-state index contributed by atoms with van der Waals surface area (Å²) < 4.78 is 42.9. The van der Waals surface area contributed by atoms with E-state index >= 15 is 8.78 Å². The number of ether oxygens (including phenoxy) is 2. The number of rotatable bonds is 2. The van der Waals surface area contributed by atoms with E-state index < -0.39 is 28.5 Å². The molecule has 1 aromatic carbocycles. The fourth-order valence-corrected chi connectivity index (χ4v) is 5.48. The normalized spacial score (nSPS) is 21.3. The number of benzene rings is 1. The van der Waals surface area contributed by atoms with Crippen molar-refractivity contribution in [3.05, 3.63) is 58.2 Å². The number of aliphatic imine (C=N–C) groups is 1. The third-order valence-corrected chi connectivity index (χ3v) is 7.66. The van der Waals surface area contributed by atoms with E-state index in [1.807, 2.05) is 0 Å². The molecule has 1 fully saturated rings. The molecule has 0 unspecified atom stereocenters. The first kappa shape index (κ1) is 24.4.